The molecule has 4 saturated carbocycles. The van der Waals surface area contributed by atoms with E-state index in [-0.39, 0.29) is 24.3 Å². The minimum Gasteiger partial charge on any atom is -0.390 e. The first kappa shape index (κ1) is 21.9. The summed E-state index contributed by atoms with van der Waals surface area (Å²) in [5, 5.41) is 26.2. The number of alkyl halides is 3. The van der Waals surface area contributed by atoms with Gasteiger partial charge in [-0.05, 0) is 55.3 Å². The fourth-order valence-electron chi connectivity index (χ4n) is 5.91. The van der Waals surface area contributed by atoms with Crippen LogP contribution in [0.1, 0.15) is 68.4 Å². The van der Waals surface area contributed by atoms with Crippen molar-refractivity contribution in [3.05, 3.63) is 23.5 Å². The SMILES string of the molecule is CC(C)(/C=C/n1ncc(C(=O)N[C@H]2C3CC4CC2C[C@](O)(C4)C3)c1C(F)(F)F)CC#N. The van der Waals surface area contributed by atoms with E-state index in [2.05, 4.69) is 10.4 Å². The quantitative estimate of drug-likeness (QED) is 0.730. The van der Waals surface area contributed by atoms with Gasteiger partial charge in [0.1, 0.15) is 0 Å². The molecule has 168 valence electrons. The average Bonchev–Trinajstić information content (AvgIpc) is 3.06. The van der Waals surface area contributed by atoms with Gasteiger partial charge in [-0.25, -0.2) is 4.68 Å². The molecular formula is C22H27F3N4O2. The number of halogens is 3. The van der Waals surface area contributed by atoms with E-state index in [1.807, 2.05) is 6.07 Å². The summed E-state index contributed by atoms with van der Waals surface area (Å²) < 4.78 is 42.1. The van der Waals surface area contributed by atoms with Crippen molar-refractivity contribution in [1.82, 2.24) is 15.1 Å². The van der Waals surface area contributed by atoms with Gasteiger partial charge in [0.2, 0.25) is 0 Å². The summed E-state index contributed by atoms with van der Waals surface area (Å²) in [6.07, 6.45) is 2.72. The van der Waals surface area contributed by atoms with E-state index in [0.29, 0.717) is 23.4 Å². The Balaban J connectivity index is 1.57. The molecule has 6 nitrogen and oxygen atoms in total. The van der Waals surface area contributed by atoms with Gasteiger partial charge in [-0.15, -0.1) is 0 Å². The van der Waals surface area contributed by atoms with Gasteiger partial charge in [-0.2, -0.15) is 23.5 Å². The molecule has 31 heavy (non-hydrogen) atoms. The van der Waals surface area contributed by atoms with Crippen molar-refractivity contribution in [2.75, 3.05) is 0 Å². The Morgan fingerprint density at radius 2 is 2.00 bits per heavy atom. The number of allylic oxidation sites excluding steroid dienone is 1. The van der Waals surface area contributed by atoms with Gasteiger partial charge in [0, 0.05) is 18.7 Å². The zero-order valence-corrected chi connectivity index (χ0v) is 17.6. The number of amides is 1. The van der Waals surface area contributed by atoms with Crippen LogP contribution >= 0.6 is 0 Å². The predicted octanol–water partition coefficient (Wildman–Crippen LogP) is 3.98. The molecule has 1 amide bonds. The zero-order valence-electron chi connectivity index (χ0n) is 17.6. The minimum absolute atomic E-state index is 0.0938. The number of nitrogens with zero attached hydrogens (tertiary/aromatic N) is 3. The standard InChI is InChI=1S/C22H27F3N4O2/c1-20(2,3-5-26)4-6-29-18(22(23,24)25)16(12-27-29)19(30)28-17-14-7-13-8-15(17)11-21(31,9-13)10-14/h4,6,12-15,17,31H,3,7-11H2,1-2H3,(H,28,30)/b6-4+/t13?,14?,15?,17-,21-. The van der Waals surface area contributed by atoms with Crippen molar-refractivity contribution in [1.29, 1.82) is 5.26 Å². The third-order valence-corrected chi connectivity index (χ3v) is 7.05. The number of rotatable bonds is 5. The van der Waals surface area contributed by atoms with Crippen molar-refractivity contribution in [2.45, 2.75) is 70.2 Å². The van der Waals surface area contributed by atoms with Gasteiger partial charge in [0.05, 0.1) is 23.4 Å². The van der Waals surface area contributed by atoms with E-state index >= 15 is 0 Å². The molecule has 0 spiro atoms. The van der Waals surface area contributed by atoms with Crippen LogP contribution in [0.25, 0.3) is 6.20 Å². The second kappa shape index (κ2) is 7.37. The molecular weight excluding hydrogens is 409 g/mol. The van der Waals surface area contributed by atoms with Gasteiger partial charge in [-0.3, -0.25) is 4.79 Å². The first-order valence-corrected chi connectivity index (χ1v) is 10.6. The summed E-state index contributed by atoms with van der Waals surface area (Å²) in [4.78, 5) is 12.9. The van der Waals surface area contributed by atoms with Crippen LogP contribution in [0.3, 0.4) is 0 Å². The fourth-order valence-corrected chi connectivity index (χ4v) is 5.91. The lowest BCUT2D eigenvalue weighted by Crippen LogP contribution is -2.61. The van der Waals surface area contributed by atoms with Crippen LogP contribution in [0.4, 0.5) is 13.2 Å². The number of carbonyl (C=O) groups excluding carboxylic acids is 1. The summed E-state index contributed by atoms with van der Waals surface area (Å²) in [5.41, 5.74) is -2.95. The summed E-state index contributed by atoms with van der Waals surface area (Å²) >= 11 is 0. The average molecular weight is 436 g/mol. The van der Waals surface area contributed by atoms with E-state index in [0.717, 1.165) is 31.7 Å². The molecule has 4 aliphatic carbocycles. The minimum atomic E-state index is -4.77. The molecule has 0 aliphatic heterocycles. The number of hydrogen-bond donors (Lipinski definition) is 2. The van der Waals surface area contributed by atoms with Crippen molar-refractivity contribution in [3.63, 3.8) is 0 Å². The van der Waals surface area contributed by atoms with Crippen molar-refractivity contribution >= 4 is 12.1 Å². The zero-order chi connectivity index (χ0) is 22.6. The van der Waals surface area contributed by atoms with Gasteiger partial charge in [-0.1, -0.05) is 19.9 Å². The molecule has 2 unspecified atom stereocenters. The molecule has 1 heterocycles. The van der Waals surface area contributed by atoms with E-state index in [4.69, 9.17) is 5.26 Å². The highest BCUT2D eigenvalue weighted by atomic mass is 19.4. The van der Waals surface area contributed by atoms with Crippen LogP contribution in [0.5, 0.6) is 0 Å². The van der Waals surface area contributed by atoms with Crippen LogP contribution in [-0.2, 0) is 6.18 Å². The van der Waals surface area contributed by atoms with E-state index in [1.54, 1.807) is 13.8 Å². The van der Waals surface area contributed by atoms with E-state index in [1.165, 1.54) is 6.08 Å². The lowest BCUT2D eigenvalue weighted by molar-refractivity contribution is -0.143. The third kappa shape index (κ3) is 4.22. The van der Waals surface area contributed by atoms with Gasteiger partial charge in [0.15, 0.2) is 5.69 Å². The topological polar surface area (TPSA) is 90.9 Å². The third-order valence-electron chi connectivity index (χ3n) is 7.05. The Hall–Kier alpha value is -2.34. The Morgan fingerprint density at radius 3 is 2.55 bits per heavy atom. The molecule has 1 aromatic heterocycles. The van der Waals surface area contributed by atoms with Crippen LogP contribution in [0.2, 0.25) is 0 Å². The number of carbonyl (C=O) groups is 1. The molecule has 4 aliphatic rings. The lowest BCUT2D eigenvalue weighted by Gasteiger charge is -2.58. The van der Waals surface area contributed by atoms with Gasteiger partial charge in [0.25, 0.3) is 5.91 Å². The van der Waals surface area contributed by atoms with Crippen molar-refractivity contribution in [2.24, 2.45) is 23.2 Å². The molecule has 0 saturated heterocycles. The number of hydrogen-bond acceptors (Lipinski definition) is 4. The van der Waals surface area contributed by atoms with Gasteiger partial charge >= 0.3 is 6.18 Å². The van der Waals surface area contributed by atoms with E-state index < -0.39 is 34.4 Å². The van der Waals surface area contributed by atoms with Gasteiger partial charge < -0.3 is 10.4 Å². The highest BCUT2D eigenvalue weighted by Gasteiger charge is 2.55. The van der Waals surface area contributed by atoms with Crippen LogP contribution in [-0.4, -0.2) is 32.4 Å². The normalized spacial score (nSPS) is 32.4. The fraction of sp³-hybridized carbons (Fsp3) is 0.682. The molecule has 1 aromatic rings. The Kier molecular flexibility index (Phi) is 5.20. The summed E-state index contributed by atoms with van der Waals surface area (Å²) in [5.74, 6) is -0.161. The number of nitriles is 1. The second-order valence-electron chi connectivity index (χ2n) is 10.2. The maximum Gasteiger partial charge on any atom is 0.434 e. The van der Waals surface area contributed by atoms with Crippen molar-refractivity contribution in [3.8, 4) is 6.07 Å². The maximum atomic E-state index is 13.8. The highest BCUT2D eigenvalue weighted by Crippen LogP contribution is 2.55. The lowest BCUT2D eigenvalue weighted by atomic mass is 9.52. The summed E-state index contributed by atoms with van der Waals surface area (Å²) in [6.45, 7) is 3.47. The van der Waals surface area contributed by atoms with Crippen LogP contribution < -0.4 is 5.32 Å². The first-order valence-electron chi connectivity index (χ1n) is 10.6. The number of aromatic nitrogens is 2. The largest absolute Gasteiger partial charge is 0.434 e. The molecule has 9 heteroatoms. The summed E-state index contributed by atoms with van der Waals surface area (Å²) in [6, 6.07) is 1.78. The molecule has 0 radical (unpaired) electrons. The Morgan fingerprint density at radius 1 is 1.35 bits per heavy atom. The smallest absolute Gasteiger partial charge is 0.390 e. The highest BCUT2D eigenvalue weighted by molar-refractivity contribution is 5.95. The predicted molar refractivity (Wildman–Crippen MR) is 106 cm³/mol. The monoisotopic (exact) mass is 436 g/mol. The maximum absolute atomic E-state index is 13.8. The van der Waals surface area contributed by atoms with Crippen molar-refractivity contribution < 1.29 is 23.1 Å². The molecule has 2 atom stereocenters. The first-order chi connectivity index (χ1) is 14.4. The second-order valence-corrected chi connectivity index (χ2v) is 10.2. The molecule has 0 aromatic carbocycles. The Bertz CT molecular complexity index is 928. The number of nitrogens with one attached hydrogen (secondary N) is 1. The molecule has 4 bridgehead atoms. The van der Waals surface area contributed by atoms with E-state index in [9.17, 15) is 23.1 Å². The molecule has 5 rings (SSSR count). The number of aliphatic hydroxyl groups is 1. The van der Waals surface area contributed by atoms with Crippen LogP contribution in [0, 0.1) is 34.5 Å². The Labute approximate surface area is 179 Å². The molecule has 2 N–H and O–H groups in total. The summed E-state index contributed by atoms with van der Waals surface area (Å²) in [7, 11) is 0. The molecule has 4 fully saturated rings. The van der Waals surface area contributed by atoms with Crippen LogP contribution in [0.15, 0.2) is 12.3 Å².